The molecule has 0 aliphatic rings. The molecule has 0 spiro atoms. The van der Waals surface area contributed by atoms with Crippen molar-refractivity contribution < 1.29 is 14.2 Å². The summed E-state index contributed by atoms with van der Waals surface area (Å²) in [5.74, 6) is 0.342. The van der Waals surface area contributed by atoms with E-state index in [-0.39, 0.29) is 19.0 Å². The molecule has 0 amide bonds. The molecule has 0 saturated heterocycles. The molecule has 0 aliphatic heterocycles. The van der Waals surface area contributed by atoms with Gasteiger partial charge in [0.1, 0.15) is 18.2 Å². The Hall–Kier alpha value is -1.91. The van der Waals surface area contributed by atoms with Crippen LogP contribution in [0.1, 0.15) is 17.2 Å². The first-order chi connectivity index (χ1) is 9.20. The first kappa shape index (κ1) is 13.5. The van der Waals surface area contributed by atoms with Crippen LogP contribution in [0.4, 0.5) is 4.39 Å². The highest BCUT2D eigenvalue weighted by atomic mass is 19.1. The number of hydrogen-bond donors (Lipinski definition) is 2. The van der Waals surface area contributed by atoms with Crippen LogP contribution in [-0.2, 0) is 6.61 Å². The lowest BCUT2D eigenvalue weighted by atomic mass is 10.1. The van der Waals surface area contributed by atoms with E-state index in [0.717, 1.165) is 5.56 Å². The summed E-state index contributed by atoms with van der Waals surface area (Å²) in [4.78, 5) is 0. The minimum atomic E-state index is -0.666. The molecule has 0 aromatic heterocycles. The molecule has 2 rings (SSSR count). The topological polar surface area (TPSA) is 55.5 Å². The van der Waals surface area contributed by atoms with E-state index in [1.165, 1.54) is 6.07 Å². The second-order valence-corrected chi connectivity index (χ2v) is 4.20. The number of hydrogen-bond acceptors (Lipinski definition) is 3. The van der Waals surface area contributed by atoms with E-state index in [0.29, 0.717) is 11.3 Å². The van der Waals surface area contributed by atoms with Gasteiger partial charge in [-0.05, 0) is 23.8 Å². The van der Waals surface area contributed by atoms with Gasteiger partial charge in [0.2, 0.25) is 0 Å². The number of aliphatic hydroxyl groups excluding tert-OH is 1. The first-order valence-corrected chi connectivity index (χ1v) is 6.05. The lowest BCUT2D eigenvalue weighted by Gasteiger charge is -2.10. The zero-order chi connectivity index (χ0) is 13.7. The Morgan fingerprint density at radius 2 is 1.79 bits per heavy atom. The molecule has 2 aromatic rings. The monoisotopic (exact) mass is 261 g/mol. The predicted octanol–water partition coefficient (Wildman–Crippen LogP) is 2.40. The number of benzene rings is 2. The zero-order valence-corrected chi connectivity index (χ0v) is 10.4. The van der Waals surface area contributed by atoms with Crippen LogP contribution >= 0.6 is 0 Å². The highest BCUT2D eigenvalue weighted by Gasteiger charge is 2.05. The first-order valence-electron chi connectivity index (χ1n) is 6.05. The van der Waals surface area contributed by atoms with E-state index in [1.807, 2.05) is 0 Å². The van der Waals surface area contributed by atoms with Crippen molar-refractivity contribution >= 4 is 0 Å². The van der Waals surface area contributed by atoms with Crippen LogP contribution < -0.4 is 10.5 Å². The summed E-state index contributed by atoms with van der Waals surface area (Å²) < 4.78 is 18.9. The van der Waals surface area contributed by atoms with Crippen LogP contribution in [0.25, 0.3) is 0 Å². The van der Waals surface area contributed by atoms with Gasteiger partial charge in [-0.25, -0.2) is 4.39 Å². The number of rotatable bonds is 5. The summed E-state index contributed by atoms with van der Waals surface area (Å²) in [6, 6.07) is 13.4. The van der Waals surface area contributed by atoms with Crippen LogP contribution in [0, 0.1) is 5.82 Å². The van der Waals surface area contributed by atoms with Crippen LogP contribution in [0.15, 0.2) is 48.5 Å². The summed E-state index contributed by atoms with van der Waals surface area (Å²) in [6.45, 7) is 0.348. The average Bonchev–Trinajstić information content (AvgIpc) is 2.46. The quantitative estimate of drug-likeness (QED) is 0.869. The molecule has 0 bridgehead atoms. The van der Waals surface area contributed by atoms with E-state index < -0.39 is 6.10 Å². The standard InChI is InChI=1S/C15H16FNO2/c16-14-4-2-1-3-12(14)10-19-13-7-5-11(6-8-13)15(18)9-17/h1-8,15,18H,9-10,17H2. The maximum Gasteiger partial charge on any atom is 0.129 e. The van der Waals surface area contributed by atoms with Crippen LogP contribution in [-0.4, -0.2) is 11.7 Å². The molecule has 1 unspecified atom stereocenters. The molecule has 0 aliphatic carbocycles. The van der Waals surface area contributed by atoms with Crippen molar-refractivity contribution in [1.29, 1.82) is 0 Å². The highest BCUT2D eigenvalue weighted by molar-refractivity contribution is 5.29. The van der Waals surface area contributed by atoms with E-state index in [4.69, 9.17) is 10.5 Å². The van der Waals surface area contributed by atoms with Gasteiger partial charge in [-0.15, -0.1) is 0 Å². The Morgan fingerprint density at radius 1 is 1.11 bits per heavy atom. The van der Waals surface area contributed by atoms with Crippen molar-refractivity contribution in [3.05, 3.63) is 65.5 Å². The third-order valence-electron chi connectivity index (χ3n) is 2.84. The van der Waals surface area contributed by atoms with Crippen molar-refractivity contribution in [2.75, 3.05) is 6.54 Å². The van der Waals surface area contributed by atoms with Crippen LogP contribution in [0.5, 0.6) is 5.75 Å². The minimum absolute atomic E-state index is 0.172. The lowest BCUT2D eigenvalue weighted by molar-refractivity contribution is 0.186. The molecule has 0 radical (unpaired) electrons. The summed E-state index contributed by atoms with van der Waals surface area (Å²) in [5, 5.41) is 9.55. The molecule has 3 nitrogen and oxygen atoms in total. The fourth-order valence-electron chi connectivity index (χ4n) is 1.70. The maximum atomic E-state index is 13.4. The number of nitrogens with two attached hydrogens (primary N) is 1. The van der Waals surface area contributed by atoms with Gasteiger partial charge in [0, 0.05) is 12.1 Å². The van der Waals surface area contributed by atoms with Gasteiger partial charge in [-0.3, -0.25) is 0 Å². The van der Waals surface area contributed by atoms with Gasteiger partial charge in [0.15, 0.2) is 0 Å². The molecule has 3 N–H and O–H groups in total. The van der Waals surface area contributed by atoms with Crippen molar-refractivity contribution in [2.45, 2.75) is 12.7 Å². The van der Waals surface area contributed by atoms with Crippen molar-refractivity contribution in [3.63, 3.8) is 0 Å². The summed E-state index contributed by atoms with van der Waals surface area (Å²) in [6.07, 6.45) is -0.666. The number of ether oxygens (including phenoxy) is 1. The zero-order valence-electron chi connectivity index (χ0n) is 10.4. The fraction of sp³-hybridized carbons (Fsp3) is 0.200. The SMILES string of the molecule is NCC(O)c1ccc(OCc2ccccc2F)cc1. The third-order valence-corrected chi connectivity index (χ3v) is 2.84. The fourth-order valence-corrected chi connectivity index (χ4v) is 1.70. The van der Waals surface area contributed by atoms with Gasteiger partial charge in [-0.2, -0.15) is 0 Å². The maximum absolute atomic E-state index is 13.4. The highest BCUT2D eigenvalue weighted by Crippen LogP contribution is 2.18. The summed E-state index contributed by atoms with van der Waals surface area (Å²) in [7, 11) is 0. The van der Waals surface area contributed by atoms with E-state index in [1.54, 1.807) is 42.5 Å². The lowest BCUT2D eigenvalue weighted by Crippen LogP contribution is -2.11. The molecule has 2 aromatic carbocycles. The molecular weight excluding hydrogens is 245 g/mol. The third kappa shape index (κ3) is 3.53. The van der Waals surface area contributed by atoms with Crippen LogP contribution in [0.2, 0.25) is 0 Å². The van der Waals surface area contributed by atoms with Gasteiger partial charge >= 0.3 is 0 Å². The molecule has 0 saturated carbocycles. The van der Waals surface area contributed by atoms with E-state index >= 15 is 0 Å². The molecule has 1 atom stereocenters. The Bertz CT molecular complexity index is 528. The summed E-state index contributed by atoms with van der Waals surface area (Å²) in [5.41, 5.74) is 6.62. The molecular formula is C15H16FNO2. The van der Waals surface area contributed by atoms with Crippen molar-refractivity contribution in [3.8, 4) is 5.75 Å². The Morgan fingerprint density at radius 3 is 2.42 bits per heavy atom. The van der Waals surface area contributed by atoms with Gasteiger partial charge in [0.25, 0.3) is 0 Å². The smallest absolute Gasteiger partial charge is 0.129 e. The molecule has 0 fully saturated rings. The Balaban J connectivity index is 1.99. The van der Waals surface area contributed by atoms with Crippen LogP contribution in [0.3, 0.4) is 0 Å². The second kappa shape index (κ2) is 6.31. The average molecular weight is 261 g/mol. The van der Waals surface area contributed by atoms with Gasteiger partial charge in [0.05, 0.1) is 6.10 Å². The number of aliphatic hydroxyl groups is 1. The van der Waals surface area contributed by atoms with Gasteiger partial charge in [-0.1, -0.05) is 30.3 Å². The molecule has 100 valence electrons. The Kier molecular flexibility index (Phi) is 4.49. The molecule has 4 heteroatoms. The largest absolute Gasteiger partial charge is 0.489 e. The normalized spacial score (nSPS) is 12.2. The molecule has 19 heavy (non-hydrogen) atoms. The van der Waals surface area contributed by atoms with Crippen molar-refractivity contribution in [1.82, 2.24) is 0 Å². The van der Waals surface area contributed by atoms with Crippen molar-refractivity contribution in [2.24, 2.45) is 5.73 Å². The minimum Gasteiger partial charge on any atom is -0.489 e. The number of halogens is 1. The molecule has 0 heterocycles. The van der Waals surface area contributed by atoms with E-state index in [2.05, 4.69) is 0 Å². The predicted molar refractivity (Wildman–Crippen MR) is 71.2 cm³/mol. The van der Waals surface area contributed by atoms with Gasteiger partial charge < -0.3 is 15.6 Å². The van der Waals surface area contributed by atoms with E-state index in [9.17, 15) is 9.50 Å². The second-order valence-electron chi connectivity index (χ2n) is 4.20. The Labute approximate surface area is 111 Å². The summed E-state index contributed by atoms with van der Waals surface area (Å²) >= 11 is 0.